The van der Waals surface area contributed by atoms with Gasteiger partial charge in [0.25, 0.3) is 0 Å². The first-order valence-electron chi connectivity index (χ1n) is 6.14. The third kappa shape index (κ3) is 5.23. The summed E-state index contributed by atoms with van der Waals surface area (Å²) in [5.41, 5.74) is 5.53. The fourth-order valence-electron chi connectivity index (χ4n) is 1.52. The number of aromatic nitrogens is 2. The van der Waals surface area contributed by atoms with Gasteiger partial charge in [-0.3, -0.25) is 0 Å². The van der Waals surface area contributed by atoms with Crippen LogP contribution in [0.25, 0.3) is 0 Å². The van der Waals surface area contributed by atoms with Crippen molar-refractivity contribution in [3.05, 3.63) is 41.5 Å². The molecule has 4 nitrogen and oxygen atoms in total. The molecule has 2 aromatic rings. The highest BCUT2D eigenvalue weighted by Crippen LogP contribution is 2.25. The molecule has 2 rings (SSSR count). The molecular formula is C13H10F5N3OS. The third-order valence-electron chi connectivity index (χ3n) is 2.47. The normalized spacial score (nSPS) is 11.5. The molecule has 1 aromatic heterocycles. The Morgan fingerprint density at radius 2 is 1.91 bits per heavy atom. The van der Waals surface area contributed by atoms with Crippen LogP contribution < -0.4 is 10.5 Å². The van der Waals surface area contributed by atoms with Gasteiger partial charge < -0.3 is 10.5 Å². The van der Waals surface area contributed by atoms with Crippen molar-refractivity contribution >= 4 is 17.6 Å². The Hall–Kier alpha value is -2.10. The Bertz CT molecular complexity index is 696. The van der Waals surface area contributed by atoms with E-state index >= 15 is 0 Å². The molecule has 0 aliphatic heterocycles. The molecule has 0 radical (unpaired) electrons. The van der Waals surface area contributed by atoms with Gasteiger partial charge in [-0.1, -0.05) is 23.9 Å². The fraction of sp³-hybridized carbons (Fsp3) is 0.231. The van der Waals surface area contributed by atoms with Gasteiger partial charge in [0.15, 0.2) is 23.4 Å². The summed E-state index contributed by atoms with van der Waals surface area (Å²) in [5.74, 6) is -2.47. The molecule has 23 heavy (non-hydrogen) atoms. The van der Waals surface area contributed by atoms with E-state index < -0.39 is 24.4 Å². The standard InChI is InChI=1S/C13H10F5N3OS/c14-8-3-1-2-7(11(8)15)5-23-12-20-9(19)4-10(21-12)22-6-13(16,17)18/h1-4H,5-6H2,(H2,19,20,21). The van der Waals surface area contributed by atoms with Gasteiger partial charge in [-0.2, -0.15) is 18.2 Å². The first-order chi connectivity index (χ1) is 10.7. The molecule has 0 saturated heterocycles. The number of hydrogen-bond donors (Lipinski definition) is 1. The number of ether oxygens (including phenoxy) is 1. The lowest BCUT2D eigenvalue weighted by Crippen LogP contribution is -2.19. The zero-order chi connectivity index (χ0) is 17.0. The quantitative estimate of drug-likeness (QED) is 0.507. The molecule has 1 heterocycles. The van der Waals surface area contributed by atoms with Crippen molar-refractivity contribution < 1.29 is 26.7 Å². The van der Waals surface area contributed by atoms with E-state index in [-0.39, 0.29) is 28.2 Å². The Morgan fingerprint density at radius 1 is 1.17 bits per heavy atom. The smallest absolute Gasteiger partial charge is 0.422 e. The van der Waals surface area contributed by atoms with Crippen LogP contribution >= 0.6 is 11.8 Å². The first kappa shape index (κ1) is 17.3. The van der Waals surface area contributed by atoms with E-state index in [9.17, 15) is 22.0 Å². The van der Waals surface area contributed by atoms with Gasteiger partial charge in [0, 0.05) is 17.4 Å². The van der Waals surface area contributed by atoms with Gasteiger partial charge >= 0.3 is 6.18 Å². The van der Waals surface area contributed by atoms with Gasteiger partial charge in [-0.05, 0) is 6.07 Å². The summed E-state index contributed by atoms with van der Waals surface area (Å²) in [7, 11) is 0. The van der Waals surface area contributed by atoms with E-state index in [0.717, 1.165) is 23.9 Å². The second kappa shape index (κ2) is 6.99. The summed E-state index contributed by atoms with van der Waals surface area (Å²) in [4.78, 5) is 7.53. The molecule has 124 valence electrons. The number of nitrogen functional groups attached to an aromatic ring is 1. The first-order valence-corrected chi connectivity index (χ1v) is 7.13. The third-order valence-corrected chi connectivity index (χ3v) is 3.37. The average molecular weight is 351 g/mol. The van der Waals surface area contributed by atoms with E-state index in [1.165, 1.54) is 12.1 Å². The lowest BCUT2D eigenvalue weighted by atomic mass is 10.2. The lowest BCUT2D eigenvalue weighted by Gasteiger charge is -2.10. The molecule has 0 unspecified atom stereocenters. The number of anilines is 1. The highest BCUT2D eigenvalue weighted by molar-refractivity contribution is 7.98. The molecule has 0 bridgehead atoms. The van der Waals surface area contributed by atoms with Crippen molar-refractivity contribution in [3.8, 4) is 5.88 Å². The molecule has 2 N–H and O–H groups in total. The number of rotatable bonds is 5. The van der Waals surface area contributed by atoms with Crippen LogP contribution in [-0.2, 0) is 5.75 Å². The topological polar surface area (TPSA) is 61.0 Å². The van der Waals surface area contributed by atoms with Crippen LogP contribution in [0, 0.1) is 11.6 Å². The Labute approximate surface area is 131 Å². The van der Waals surface area contributed by atoms with E-state index in [1.807, 2.05) is 0 Å². The van der Waals surface area contributed by atoms with Gasteiger partial charge in [0.1, 0.15) is 5.82 Å². The van der Waals surface area contributed by atoms with Crippen molar-refractivity contribution in [3.63, 3.8) is 0 Å². The molecule has 0 fully saturated rings. The van der Waals surface area contributed by atoms with Gasteiger partial charge in [-0.25, -0.2) is 13.8 Å². The maximum Gasteiger partial charge on any atom is 0.422 e. The minimum absolute atomic E-state index is 0.00849. The molecule has 0 aliphatic rings. The Balaban J connectivity index is 2.08. The van der Waals surface area contributed by atoms with E-state index in [0.29, 0.717) is 0 Å². The van der Waals surface area contributed by atoms with Crippen LogP contribution in [-0.4, -0.2) is 22.8 Å². The van der Waals surface area contributed by atoms with Crippen molar-refractivity contribution in [2.45, 2.75) is 17.1 Å². The Morgan fingerprint density at radius 3 is 2.61 bits per heavy atom. The van der Waals surface area contributed by atoms with Gasteiger partial charge in [-0.15, -0.1) is 0 Å². The largest absolute Gasteiger partial charge is 0.468 e. The number of alkyl halides is 3. The van der Waals surface area contributed by atoms with Crippen LogP contribution in [0.3, 0.4) is 0 Å². The molecule has 0 aliphatic carbocycles. The zero-order valence-electron chi connectivity index (χ0n) is 11.4. The van der Waals surface area contributed by atoms with Crippen LogP contribution in [0.15, 0.2) is 29.4 Å². The summed E-state index contributed by atoms with van der Waals surface area (Å²) >= 11 is 0.888. The summed E-state index contributed by atoms with van der Waals surface area (Å²) < 4.78 is 67.4. The number of thioether (sulfide) groups is 1. The lowest BCUT2D eigenvalue weighted by molar-refractivity contribution is -0.154. The predicted molar refractivity (Wildman–Crippen MR) is 73.9 cm³/mol. The summed E-state index contributed by atoms with van der Waals surface area (Å²) in [5, 5.41) is -0.00849. The highest BCUT2D eigenvalue weighted by atomic mass is 32.2. The average Bonchev–Trinajstić information content (AvgIpc) is 2.45. The summed E-state index contributed by atoms with van der Waals surface area (Å²) in [6, 6.07) is 4.73. The van der Waals surface area contributed by atoms with E-state index in [4.69, 9.17) is 5.73 Å². The van der Waals surface area contributed by atoms with Crippen molar-refractivity contribution in [1.82, 2.24) is 9.97 Å². The monoisotopic (exact) mass is 351 g/mol. The maximum absolute atomic E-state index is 13.5. The second-order valence-electron chi connectivity index (χ2n) is 4.32. The van der Waals surface area contributed by atoms with Crippen molar-refractivity contribution in [2.24, 2.45) is 0 Å². The SMILES string of the molecule is Nc1cc(OCC(F)(F)F)nc(SCc2cccc(F)c2F)n1. The van der Waals surface area contributed by atoms with Crippen LogP contribution in [0.5, 0.6) is 5.88 Å². The van der Waals surface area contributed by atoms with E-state index in [1.54, 1.807) is 0 Å². The molecule has 0 saturated carbocycles. The molecule has 0 amide bonds. The number of nitrogens with two attached hydrogens (primary N) is 1. The van der Waals surface area contributed by atoms with Crippen molar-refractivity contribution in [1.29, 1.82) is 0 Å². The molecule has 0 atom stereocenters. The minimum Gasteiger partial charge on any atom is -0.468 e. The van der Waals surface area contributed by atoms with Crippen LogP contribution in [0.1, 0.15) is 5.56 Å². The molecule has 1 aromatic carbocycles. The molecule has 0 spiro atoms. The maximum atomic E-state index is 13.5. The zero-order valence-corrected chi connectivity index (χ0v) is 12.2. The number of benzene rings is 1. The highest BCUT2D eigenvalue weighted by Gasteiger charge is 2.28. The number of nitrogens with zero attached hydrogens (tertiary/aromatic N) is 2. The van der Waals surface area contributed by atoms with Gasteiger partial charge in [0.05, 0.1) is 0 Å². The number of hydrogen-bond acceptors (Lipinski definition) is 5. The predicted octanol–water partition coefficient (Wildman–Crippen LogP) is 3.57. The molecular weight excluding hydrogens is 341 g/mol. The molecule has 10 heteroatoms. The minimum atomic E-state index is -4.52. The summed E-state index contributed by atoms with van der Waals surface area (Å²) in [6.07, 6.45) is -4.52. The van der Waals surface area contributed by atoms with E-state index in [2.05, 4.69) is 14.7 Å². The second-order valence-corrected chi connectivity index (χ2v) is 5.26. The Kier molecular flexibility index (Phi) is 5.24. The van der Waals surface area contributed by atoms with Crippen LogP contribution in [0.2, 0.25) is 0 Å². The number of halogens is 5. The summed E-state index contributed by atoms with van der Waals surface area (Å²) in [6.45, 7) is -1.52. The van der Waals surface area contributed by atoms with Crippen molar-refractivity contribution in [2.75, 3.05) is 12.3 Å². The fourth-order valence-corrected chi connectivity index (χ4v) is 2.35. The van der Waals surface area contributed by atoms with Gasteiger partial charge in [0.2, 0.25) is 5.88 Å². The van der Waals surface area contributed by atoms with Crippen LogP contribution in [0.4, 0.5) is 27.8 Å².